The van der Waals surface area contributed by atoms with Crippen LogP contribution in [-0.4, -0.2) is 48.5 Å². The molecule has 0 saturated heterocycles. The molecular weight excluding hydrogens is 264 g/mol. The predicted molar refractivity (Wildman–Crippen MR) is 84.4 cm³/mol. The second-order valence-electron chi connectivity index (χ2n) is 5.39. The zero-order valence-corrected chi connectivity index (χ0v) is 13.1. The van der Waals surface area contributed by atoms with Crippen molar-refractivity contribution >= 4 is 5.91 Å². The van der Waals surface area contributed by atoms with Gasteiger partial charge in [-0.3, -0.25) is 9.78 Å². The molecule has 2 rings (SSSR count). The number of amides is 1. The second-order valence-corrected chi connectivity index (χ2v) is 5.39. The summed E-state index contributed by atoms with van der Waals surface area (Å²) in [6.45, 7) is 9.95. The van der Waals surface area contributed by atoms with E-state index in [1.54, 1.807) is 6.20 Å². The molecule has 1 amide bonds. The van der Waals surface area contributed by atoms with E-state index >= 15 is 0 Å². The maximum atomic E-state index is 12.3. The maximum Gasteiger partial charge on any atom is 0.253 e. The van der Waals surface area contributed by atoms with Crippen LogP contribution >= 0.6 is 0 Å². The van der Waals surface area contributed by atoms with Crippen LogP contribution in [0.3, 0.4) is 0 Å². The molecule has 0 saturated carbocycles. The van der Waals surface area contributed by atoms with Crippen molar-refractivity contribution in [1.29, 1.82) is 0 Å². The summed E-state index contributed by atoms with van der Waals surface area (Å²) in [7, 11) is 0. The molecule has 1 aliphatic heterocycles. The van der Waals surface area contributed by atoms with Crippen LogP contribution in [0.4, 0.5) is 0 Å². The molecule has 5 nitrogen and oxygen atoms in total. The van der Waals surface area contributed by atoms with Crippen LogP contribution in [0.5, 0.6) is 0 Å². The SMILES string of the molecule is CCN(CC)CCCNC(=O)c1cncc2c1CCNC2. The molecule has 0 spiro atoms. The van der Waals surface area contributed by atoms with E-state index in [0.29, 0.717) is 0 Å². The van der Waals surface area contributed by atoms with Gasteiger partial charge in [-0.15, -0.1) is 0 Å². The first-order valence-electron chi connectivity index (χ1n) is 7.93. The molecule has 116 valence electrons. The number of fused-ring (bicyclic) bond motifs is 1. The Balaban J connectivity index is 1.86. The smallest absolute Gasteiger partial charge is 0.253 e. The lowest BCUT2D eigenvalue weighted by molar-refractivity contribution is 0.0950. The Morgan fingerprint density at radius 3 is 2.95 bits per heavy atom. The average Bonchev–Trinajstić information content (AvgIpc) is 2.54. The normalized spacial score (nSPS) is 14.0. The summed E-state index contributed by atoms with van der Waals surface area (Å²) in [6, 6.07) is 0. The summed E-state index contributed by atoms with van der Waals surface area (Å²) < 4.78 is 0. The molecule has 2 N–H and O–H groups in total. The molecule has 5 heteroatoms. The van der Waals surface area contributed by atoms with E-state index in [9.17, 15) is 4.79 Å². The van der Waals surface area contributed by atoms with Crippen LogP contribution in [0.25, 0.3) is 0 Å². The van der Waals surface area contributed by atoms with Crippen molar-refractivity contribution in [2.45, 2.75) is 33.2 Å². The van der Waals surface area contributed by atoms with Gasteiger partial charge in [0.15, 0.2) is 0 Å². The highest BCUT2D eigenvalue weighted by atomic mass is 16.1. The molecule has 0 radical (unpaired) electrons. The molecule has 1 aromatic heterocycles. The first-order valence-corrected chi connectivity index (χ1v) is 7.93. The minimum absolute atomic E-state index is 0.0146. The Morgan fingerprint density at radius 2 is 2.19 bits per heavy atom. The van der Waals surface area contributed by atoms with Crippen LogP contribution in [0.2, 0.25) is 0 Å². The Bertz CT molecular complexity index is 471. The standard InChI is InChI=1S/C16H26N4O/c1-3-20(4-2)9-5-7-19-16(21)15-12-18-11-13-10-17-8-6-14(13)15/h11-12,17H,3-10H2,1-2H3,(H,19,21). The third kappa shape index (κ3) is 4.25. The molecular formula is C16H26N4O. The van der Waals surface area contributed by atoms with Crippen molar-refractivity contribution in [3.8, 4) is 0 Å². The number of nitrogens with one attached hydrogen (secondary N) is 2. The number of hydrogen-bond acceptors (Lipinski definition) is 4. The quantitative estimate of drug-likeness (QED) is 0.741. The Morgan fingerprint density at radius 1 is 1.38 bits per heavy atom. The van der Waals surface area contributed by atoms with Gasteiger partial charge in [0.25, 0.3) is 5.91 Å². The van der Waals surface area contributed by atoms with E-state index in [0.717, 1.165) is 68.8 Å². The van der Waals surface area contributed by atoms with Crippen LogP contribution in [0.1, 0.15) is 41.8 Å². The molecule has 1 aliphatic rings. The van der Waals surface area contributed by atoms with Crippen LogP contribution < -0.4 is 10.6 Å². The summed E-state index contributed by atoms with van der Waals surface area (Å²) in [5, 5.41) is 6.33. The van der Waals surface area contributed by atoms with Crippen molar-refractivity contribution in [1.82, 2.24) is 20.5 Å². The van der Waals surface area contributed by atoms with Gasteiger partial charge in [-0.25, -0.2) is 0 Å². The Hall–Kier alpha value is -1.46. The molecule has 2 heterocycles. The second kappa shape index (κ2) is 8.10. The molecule has 0 bridgehead atoms. The first-order chi connectivity index (χ1) is 10.3. The first kappa shape index (κ1) is 15.9. The van der Waals surface area contributed by atoms with E-state index in [1.807, 2.05) is 6.20 Å². The van der Waals surface area contributed by atoms with Crippen molar-refractivity contribution in [3.63, 3.8) is 0 Å². The van der Waals surface area contributed by atoms with Gasteiger partial charge >= 0.3 is 0 Å². The lowest BCUT2D eigenvalue weighted by Crippen LogP contribution is -2.32. The van der Waals surface area contributed by atoms with Crippen molar-refractivity contribution in [2.75, 3.05) is 32.7 Å². The number of aromatic nitrogens is 1. The van der Waals surface area contributed by atoms with Crippen LogP contribution in [-0.2, 0) is 13.0 Å². The minimum atomic E-state index is 0.0146. The number of carbonyl (C=O) groups excluding carboxylic acids is 1. The number of hydrogen-bond donors (Lipinski definition) is 2. The molecule has 1 aromatic rings. The minimum Gasteiger partial charge on any atom is -0.352 e. The van der Waals surface area contributed by atoms with Gasteiger partial charge in [-0.1, -0.05) is 13.8 Å². The summed E-state index contributed by atoms with van der Waals surface area (Å²) in [5.74, 6) is 0.0146. The summed E-state index contributed by atoms with van der Waals surface area (Å²) in [6.07, 6.45) is 5.44. The van der Waals surface area contributed by atoms with Gasteiger partial charge in [0.1, 0.15) is 0 Å². The van der Waals surface area contributed by atoms with E-state index in [4.69, 9.17) is 0 Å². The largest absolute Gasteiger partial charge is 0.352 e. The molecule has 0 aliphatic carbocycles. The zero-order valence-electron chi connectivity index (χ0n) is 13.1. The fourth-order valence-electron chi connectivity index (χ4n) is 2.75. The van der Waals surface area contributed by atoms with Crippen LogP contribution in [0.15, 0.2) is 12.4 Å². The number of nitrogens with zero attached hydrogens (tertiary/aromatic N) is 2. The summed E-state index contributed by atoms with van der Waals surface area (Å²) in [5.41, 5.74) is 3.05. The summed E-state index contributed by atoms with van der Waals surface area (Å²) >= 11 is 0. The lowest BCUT2D eigenvalue weighted by Gasteiger charge is -2.20. The summed E-state index contributed by atoms with van der Waals surface area (Å²) in [4.78, 5) is 18.9. The number of carbonyl (C=O) groups is 1. The Kier molecular flexibility index (Phi) is 6.14. The third-order valence-corrected chi connectivity index (χ3v) is 4.09. The molecule has 0 atom stereocenters. The van der Waals surface area contributed by atoms with Crippen molar-refractivity contribution < 1.29 is 4.79 Å². The molecule has 21 heavy (non-hydrogen) atoms. The van der Waals surface area contributed by atoms with Crippen molar-refractivity contribution in [3.05, 3.63) is 29.1 Å². The fraction of sp³-hybridized carbons (Fsp3) is 0.625. The highest BCUT2D eigenvalue weighted by molar-refractivity contribution is 5.95. The third-order valence-electron chi connectivity index (χ3n) is 4.09. The zero-order chi connectivity index (χ0) is 15.1. The van der Waals surface area contributed by atoms with Gasteiger partial charge in [-0.2, -0.15) is 0 Å². The Labute approximate surface area is 127 Å². The maximum absolute atomic E-state index is 12.3. The molecule has 0 unspecified atom stereocenters. The van der Waals surface area contributed by atoms with Gasteiger partial charge in [-0.05, 0) is 50.1 Å². The van der Waals surface area contributed by atoms with Crippen LogP contribution in [0, 0.1) is 0 Å². The van der Waals surface area contributed by atoms with Gasteiger partial charge < -0.3 is 15.5 Å². The highest BCUT2D eigenvalue weighted by Crippen LogP contribution is 2.17. The highest BCUT2D eigenvalue weighted by Gasteiger charge is 2.17. The fourth-order valence-corrected chi connectivity index (χ4v) is 2.75. The average molecular weight is 290 g/mol. The van der Waals surface area contributed by atoms with E-state index in [2.05, 4.69) is 34.4 Å². The monoisotopic (exact) mass is 290 g/mol. The number of pyridine rings is 1. The number of rotatable bonds is 7. The van der Waals surface area contributed by atoms with E-state index < -0.39 is 0 Å². The molecule has 0 aromatic carbocycles. The lowest BCUT2D eigenvalue weighted by atomic mass is 9.98. The topological polar surface area (TPSA) is 57.3 Å². The van der Waals surface area contributed by atoms with E-state index in [1.165, 1.54) is 0 Å². The van der Waals surface area contributed by atoms with Crippen molar-refractivity contribution in [2.24, 2.45) is 0 Å². The van der Waals surface area contributed by atoms with Gasteiger partial charge in [0.05, 0.1) is 5.56 Å². The predicted octanol–water partition coefficient (Wildman–Crippen LogP) is 1.19. The van der Waals surface area contributed by atoms with Gasteiger partial charge in [0, 0.05) is 25.5 Å². The molecule has 0 fully saturated rings. The van der Waals surface area contributed by atoms with E-state index in [-0.39, 0.29) is 5.91 Å². The van der Waals surface area contributed by atoms with Gasteiger partial charge in [0.2, 0.25) is 0 Å².